The molecule has 1 aliphatic rings. The molecule has 0 atom stereocenters. The average molecular weight is 268 g/mol. The van der Waals surface area contributed by atoms with Crippen LogP contribution in [0, 0.1) is 13.8 Å². The van der Waals surface area contributed by atoms with Gasteiger partial charge in [-0.1, -0.05) is 12.1 Å². The summed E-state index contributed by atoms with van der Waals surface area (Å²) < 4.78 is 5.41. The fraction of sp³-hybridized carbons (Fsp3) is 0.188. The van der Waals surface area contributed by atoms with E-state index in [0.29, 0.717) is 11.1 Å². The molecule has 20 heavy (non-hydrogen) atoms. The topological polar surface area (TPSA) is 48.7 Å². The van der Waals surface area contributed by atoms with Crippen molar-refractivity contribution in [2.24, 2.45) is 0 Å². The van der Waals surface area contributed by atoms with Gasteiger partial charge in [-0.3, -0.25) is 14.5 Å². The van der Waals surface area contributed by atoms with E-state index in [4.69, 9.17) is 4.42 Å². The molecule has 1 aromatic heterocycles. The largest absolute Gasteiger partial charge is 0.326 e. The van der Waals surface area contributed by atoms with Crippen LogP contribution < -0.4 is 0 Å². The van der Waals surface area contributed by atoms with Crippen molar-refractivity contribution < 1.29 is 14.0 Å². The lowest BCUT2D eigenvalue weighted by Crippen LogP contribution is -2.29. The van der Waals surface area contributed by atoms with Gasteiger partial charge in [0.25, 0.3) is 11.8 Å². The molecule has 0 N–H and O–H groups in total. The first kappa shape index (κ1) is 12.5. The van der Waals surface area contributed by atoms with Crippen LogP contribution in [0.15, 0.2) is 40.8 Å². The van der Waals surface area contributed by atoms with Crippen LogP contribution in [0.5, 0.6) is 0 Å². The van der Waals surface area contributed by atoms with Gasteiger partial charge < -0.3 is 0 Å². The number of hydrogen-bond donors (Lipinski definition) is 0. The molecule has 0 fully saturated rings. The van der Waals surface area contributed by atoms with Gasteiger partial charge in [0.1, 0.15) is 0 Å². The number of rotatable bonds is 2. The van der Waals surface area contributed by atoms with E-state index >= 15 is 0 Å². The van der Waals surface area contributed by atoms with Gasteiger partial charge in [-0.25, -0.2) is 4.42 Å². The number of hydrogen-bond acceptors (Lipinski definition) is 2. The smallest absolute Gasteiger partial charge is 0.270 e. The highest BCUT2D eigenvalue weighted by Gasteiger charge is 2.35. The van der Waals surface area contributed by atoms with Gasteiger partial charge in [0, 0.05) is 12.1 Å². The minimum atomic E-state index is -0.235. The first-order valence-corrected chi connectivity index (χ1v) is 6.42. The third-order valence-electron chi connectivity index (χ3n) is 3.32. The maximum absolute atomic E-state index is 12.3. The Labute approximate surface area is 116 Å². The highest BCUT2D eigenvalue weighted by Crippen LogP contribution is 2.24. The Morgan fingerprint density at radius 1 is 0.950 bits per heavy atom. The third-order valence-corrected chi connectivity index (χ3v) is 3.32. The van der Waals surface area contributed by atoms with Gasteiger partial charge >= 0.3 is 11.5 Å². The molecule has 0 radical (unpaired) electrons. The quantitative estimate of drug-likeness (QED) is 0.621. The molecule has 0 saturated heterocycles. The molecular weight excluding hydrogens is 254 g/mol. The molecule has 0 unspecified atom stereocenters. The summed E-state index contributed by atoms with van der Waals surface area (Å²) in [5.41, 5.74) is 1.85. The minimum Gasteiger partial charge on any atom is -0.270 e. The molecule has 4 nitrogen and oxygen atoms in total. The summed E-state index contributed by atoms with van der Waals surface area (Å²) in [7, 11) is 0. The summed E-state index contributed by atoms with van der Waals surface area (Å²) >= 11 is 0. The predicted octanol–water partition coefficient (Wildman–Crippen LogP) is 2.97. The van der Waals surface area contributed by atoms with E-state index in [1.165, 1.54) is 4.90 Å². The van der Waals surface area contributed by atoms with E-state index in [1.807, 2.05) is 26.0 Å². The maximum Gasteiger partial charge on any atom is 0.326 e. The lowest BCUT2D eigenvalue weighted by molar-refractivity contribution is 0.0642. The number of fused-ring (bicyclic) bond motifs is 1. The SMILES string of the molecule is Cc1cc(CN2C(=O)c3ccccc3C2=O)cc(C)[o+]1. The van der Waals surface area contributed by atoms with Gasteiger partial charge in [-0.2, -0.15) is 0 Å². The molecule has 3 rings (SSSR count). The third kappa shape index (κ3) is 1.99. The van der Waals surface area contributed by atoms with Crippen molar-refractivity contribution in [1.29, 1.82) is 0 Å². The Kier molecular flexibility index (Phi) is 2.86. The van der Waals surface area contributed by atoms with Crippen LogP contribution >= 0.6 is 0 Å². The molecule has 0 bridgehead atoms. The second-order valence-corrected chi connectivity index (χ2v) is 4.93. The zero-order chi connectivity index (χ0) is 14.3. The Hall–Kier alpha value is -2.49. The predicted molar refractivity (Wildman–Crippen MR) is 73.2 cm³/mol. The average Bonchev–Trinajstić information content (AvgIpc) is 2.64. The number of amides is 2. The summed E-state index contributed by atoms with van der Waals surface area (Å²) in [6.07, 6.45) is 0. The molecule has 1 aliphatic heterocycles. The van der Waals surface area contributed by atoms with Crippen molar-refractivity contribution in [3.63, 3.8) is 0 Å². The van der Waals surface area contributed by atoms with Crippen LogP contribution in [0.25, 0.3) is 0 Å². The Morgan fingerprint density at radius 2 is 1.45 bits per heavy atom. The standard InChI is InChI=1S/C16H14NO3/c1-10-7-12(8-11(2)20-10)9-17-15(18)13-5-3-4-6-14(13)16(17)19/h3-8H,9H2,1-2H3/q+1. The Bertz CT molecular complexity index is 666. The van der Waals surface area contributed by atoms with Crippen molar-refractivity contribution in [2.75, 3.05) is 0 Å². The maximum atomic E-state index is 12.3. The number of nitrogens with zero attached hydrogens (tertiary/aromatic N) is 1. The first-order chi connectivity index (χ1) is 9.56. The van der Waals surface area contributed by atoms with E-state index in [-0.39, 0.29) is 18.4 Å². The fourth-order valence-electron chi connectivity index (χ4n) is 2.53. The summed E-state index contributed by atoms with van der Waals surface area (Å²) in [6.45, 7) is 3.96. The van der Waals surface area contributed by atoms with Crippen LogP contribution in [-0.2, 0) is 6.54 Å². The molecule has 2 aromatic rings. The van der Waals surface area contributed by atoms with Crippen LogP contribution in [0.2, 0.25) is 0 Å². The minimum absolute atomic E-state index is 0.235. The van der Waals surface area contributed by atoms with Gasteiger partial charge in [0.15, 0.2) is 0 Å². The van der Waals surface area contributed by atoms with Crippen molar-refractivity contribution in [3.8, 4) is 0 Å². The van der Waals surface area contributed by atoms with Crippen LogP contribution in [0.4, 0.5) is 0 Å². The second kappa shape index (κ2) is 4.56. The molecule has 2 heterocycles. The molecule has 1 aromatic carbocycles. The molecule has 2 amide bonds. The van der Waals surface area contributed by atoms with Crippen molar-refractivity contribution in [2.45, 2.75) is 20.4 Å². The first-order valence-electron chi connectivity index (χ1n) is 6.42. The van der Waals surface area contributed by atoms with Crippen molar-refractivity contribution >= 4 is 11.8 Å². The fourth-order valence-corrected chi connectivity index (χ4v) is 2.53. The molecule has 0 aliphatic carbocycles. The second-order valence-electron chi connectivity index (χ2n) is 4.93. The van der Waals surface area contributed by atoms with E-state index in [9.17, 15) is 9.59 Å². The van der Waals surface area contributed by atoms with E-state index in [1.54, 1.807) is 24.3 Å². The van der Waals surface area contributed by atoms with Crippen molar-refractivity contribution in [1.82, 2.24) is 4.90 Å². The normalized spacial score (nSPS) is 13.8. The molecular formula is C16H14NO3+. The summed E-state index contributed by atoms with van der Waals surface area (Å²) in [4.78, 5) is 25.8. The molecule has 100 valence electrons. The monoisotopic (exact) mass is 268 g/mol. The van der Waals surface area contributed by atoms with Gasteiger partial charge in [0.2, 0.25) is 0 Å². The number of imide groups is 1. The summed E-state index contributed by atoms with van der Waals surface area (Å²) in [5.74, 6) is 1.05. The van der Waals surface area contributed by atoms with Crippen molar-refractivity contribution in [3.05, 3.63) is 64.6 Å². The lowest BCUT2D eigenvalue weighted by Gasteiger charge is -2.12. The Morgan fingerprint density at radius 3 is 1.95 bits per heavy atom. The number of carbonyl (C=O) groups excluding carboxylic acids is 2. The van der Waals surface area contributed by atoms with E-state index in [2.05, 4.69) is 0 Å². The number of aryl methyl sites for hydroxylation is 2. The highest BCUT2D eigenvalue weighted by atomic mass is 16.3. The summed E-state index contributed by atoms with van der Waals surface area (Å²) in [6, 6.07) is 10.6. The van der Waals surface area contributed by atoms with Crippen LogP contribution in [0.1, 0.15) is 37.8 Å². The van der Waals surface area contributed by atoms with E-state index < -0.39 is 0 Å². The van der Waals surface area contributed by atoms with Gasteiger partial charge in [-0.15, -0.1) is 0 Å². The summed E-state index contributed by atoms with van der Waals surface area (Å²) in [5, 5.41) is 0. The molecule has 0 saturated carbocycles. The number of carbonyl (C=O) groups is 2. The Balaban J connectivity index is 1.93. The molecule has 0 spiro atoms. The zero-order valence-corrected chi connectivity index (χ0v) is 11.3. The van der Waals surface area contributed by atoms with Crippen LogP contribution in [-0.4, -0.2) is 16.7 Å². The number of benzene rings is 1. The molecule has 4 heteroatoms. The van der Waals surface area contributed by atoms with Crippen LogP contribution in [0.3, 0.4) is 0 Å². The van der Waals surface area contributed by atoms with Gasteiger partial charge in [0.05, 0.1) is 31.5 Å². The highest BCUT2D eigenvalue weighted by molar-refractivity contribution is 6.21. The lowest BCUT2D eigenvalue weighted by atomic mass is 10.1. The van der Waals surface area contributed by atoms with Gasteiger partial charge in [-0.05, 0) is 17.7 Å². The van der Waals surface area contributed by atoms with E-state index in [0.717, 1.165) is 17.1 Å². The zero-order valence-electron chi connectivity index (χ0n) is 11.3.